The Bertz CT molecular complexity index is 689. The zero-order valence-electron chi connectivity index (χ0n) is 10.6. The van der Waals surface area contributed by atoms with Gasteiger partial charge in [-0.3, -0.25) is 4.98 Å². The van der Waals surface area contributed by atoms with Crippen LogP contribution in [0.2, 0.25) is 0 Å². The second kappa shape index (κ2) is 5.79. The highest BCUT2D eigenvalue weighted by atomic mass is 19.4. The van der Waals surface area contributed by atoms with Crippen LogP contribution in [0.4, 0.5) is 23.2 Å². The standard InChI is InChI=1S/C14H9F4N3/c15-11-3-9(6-20-8-11)7-21-12-2-1-10(5-19)13(4-12)14(16,17)18/h1-4,6,8,21H,7H2. The van der Waals surface area contributed by atoms with E-state index >= 15 is 0 Å². The molecule has 1 aromatic carbocycles. The summed E-state index contributed by atoms with van der Waals surface area (Å²) in [6.45, 7) is 0.119. The molecule has 0 unspecified atom stereocenters. The van der Waals surface area contributed by atoms with E-state index in [2.05, 4.69) is 10.3 Å². The Morgan fingerprint density at radius 3 is 2.57 bits per heavy atom. The van der Waals surface area contributed by atoms with Crippen LogP contribution in [0, 0.1) is 17.1 Å². The second-order valence-corrected chi connectivity index (χ2v) is 4.23. The number of benzene rings is 1. The third-order valence-electron chi connectivity index (χ3n) is 2.70. The fourth-order valence-electron chi connectivity index (χ4n) is 1.74. The van der Waals surface area contributed by atoms with E-state index in [1.165, 1.54) is 24.4 Å². The number of nitrogens with zero attached hydrogens (tertiary/aromatic N) is 2. The van der Waals surface area contributed by atoms with Gasteiger partial charge in [-0.05, 0) is 29.8 Å². The molecule has 108 valence electrons. The summed E-state index contributed by atoms with van der Waals surface area (Å²) in [4.78, 5) is 3.64. The van der Waals surface area contributed by atoms with Crippen LogP contribution in [0.1, 0.15) is 16.7 Å². The molecule has 0 spiro atoms. The Kier molecular flexibility index (Phi) is 4.08. The van der Waals surface area contributed by atoms with Crippen LogP contribution in [0.25, 0.3) is 0 Å². The summed E-state index contributed by atoms with van der Waals surface area (Å²) in [7, 11) is 0. The highest BCUT2D eigenvalue weighted by Crippen LogP contribution is 2.33. The molecule has 2 aromatic rings. The molecular formula is C14H9F4N3. The summed E-state index contributed by atoms with van der Waals surface area (Å²) < 4.78 is 51.3. The number of halogens is 4. The van der Waals surface area contributed by atoms with Crippen molar-refractivity contribution in [1.29, 1.82) is 5.26 Å². The molecule has 0 amide bonds. The van der Waals surface area contributed by atoms with E-state index in [1.807, 2.05) is 0 Å². The van der Waals surface area contributed by atoms with Gasteiger partial charge in [0.05, 0.1) is 23.4 Å². The number of alkyl halides is 3. The molecule has 0 radical (unpaired) electrons. The van der Waals surface area contributed by atoms with Crippen LogP contribution in [-0.4, -0.2) is 4.98 Å². The fourth-order valence-corrected chi connectivity index (χ4v) is 1.74. The Morgan fingerprint density at radius 1 is 1.19 bits per heavy atom. The van der Waals surface area contributed by atoms with Crippen LogP contribution >= 0.6 is 0 Å². The number of rotatable bonds is 3. The van der Waals surface area contributed by atoms with Crippen LogP contribution in [-0.2, 0) is 12.7 Å². The molecule has 2 rings (SSSR count). The maximum Gasteiger partial charge on any atom is 0.417 e. The van der Waals surface area contributed by atoms with E-state index in [4.69, 9.17) is 5.26 Å². The number of hydrogen-bond acceptors (Lipinski definition) is 3. The predicted molar refractivity (Wildman–Crippen MR) is 67.7 cm³/mol. The number of nitriles is 1. The number of hydrogen-bond donors (Lipinski definition) is 1. The van der Waals surface area contributed by atoms with Gasteiger partial charge in [-0.1, -0.05) is 0 Å². The maximum absolute atomic E-state index is 12.9. The Balaban J connectivity index is 2.20. The van der Waals surface area contributed by atoms with E-state index in [-0.39, 0.29) is 12.2 Å². The topological polar surface area (TPSA) is 48.7 Å². The first-order valence-corrected chi connectivity index (χ1v) is 5.85. The van der Waals surface area contributed by atoms with Crippen molar-refractivity contribution in [3.05, 3.63) is 59.2 Å². The first kappa shape index (κ1) is 14.8. The highest BCUT2D eigenvalue weighted by molar-refractivity contribution is 5.53. The van der Waals surface area contributed by atoms with Gasteiger partial charge < -0.3 is 5.32 Å². The summed E-state index contributed by atoms with van der Waals surface area (Å²) in [5.74, 6) is -0.523. The molecule has 0 saturated carbocycles. The summed E-state index contributed by atoms with van der Waals surface area (Å²) >= 11 is 0. The molecule has 0 aliphatic carbocycles. The third kappa shape index (κ3) is 3.69. The molecular weight excluding hydrogens is 286 g/mol. The predicted octanol–water partition coefficient (Wildman–Crippen LogP) is 3.72. The molecule has 0 bridgehead atoms. The molecule has 1 aromatic heterocycles. The van der Waals surface area contributed by atoms with E-state index in [0.717, 1.165) is 18.3 Å². The molecule has 0 aliphatic heterocycles. The molecule has 0 atom stereocenters. The van der Waals surface area contributed by atoms with E-state index < -0.39 is 23.1 Å². The van der Waals surface area contributed by atoms with Crippen molar-refractivity contribution in [2.24, 2.45) is 0 Å². The minimum absolute atomic E-state index is 0.119. The van der Waals surface area contributed by atoms with E-state index in [1.54, 1.807) is 0 Å². The Morgan fingerprint density at radius 2 is 1.95 bits per heavy atom. The average molecular weight is 295 g/mol. The minimum Gasteiger partial charge on any atom is -0.381 e. The molecule has 0 aliphatic rings. The lowest BCUT2D eigenvalue weighted by Gasteiger charge is -2.12. The van der Waals surface area contributed by atoms with Crippen molar-refractivity contribution >= 4 is 5.69 Å². The Hall–Kier alpha value is -2.62. The number of pyridine rings is 1. The first-order chi connectivity index (χ1) is 9.90. The second-order valence-electron chi connectivity index (χ2n) is 4.23. The number of aromatic nitrogens is 1. The molecule has 7 heteroatoms. The molecule has 1 heterocycles. The van der Waals surface area contributed by atoms with Gasteiger partial charge in [0.25, 0.3) is 0 Å². The largest absolute Gasteiger partial charge is 0.417 e. The lowest BCUT2D eigenvalue weighted by atomic mass is 10.1. The lowest BCUT2D eigenvalue weighted by molar-refractivity contribution is -0.137. The van der Waals surface area contributed by atoms with Gasteiger partial charge in [0.1, 0.15) is 5.82 Å². The number of nitrogens with one attached hydrogen (secondary N) is 1. The van der Waals surface area contributed by atoms with Gasteiger partial charge in [-0.2, -0.15) is 18.4 Å². The van der Waals surface area contributed by atoms with Crippen molar-refractivity contribution in [2.75, 3.05) is 5.32 Å². The van der Waals surface area contributed by atoms with Gasteiger partial charge in [0.15, 0.2) is 0 Å². The normalized spacial score (nSPS) is 11.0. The van der Waals surface area contributed by atoms with Gasteiger partial charge in [0, 0.05) is 18.4 Å². The monoisotopic (exact) mass is 295 g/mol. The van der Waals surface area contributed by atoms with Crippen LogP contribution in [0.5, 0.6) is 0 Å². The lowest BCUT2D eigenvalue weighted by Crippen LogP contribution is -2.09. The molecule has 0 saturated heterocycles. The van der Waals surface area contributed by atoms with Crippen molar-refractivity contribution in [3.63, 3.8) is 0 Å². The summed E-state index contributed by atoms with van der Waals surface area (Å²) in [5.41, 5.74) is -0.772. The van der Waals surface area contributed by atoms with Crippen molar-refractivity contribution in [2.45, 2.75) is 12.7 Å². The fraction of sp³-hybridized carbons (Fsp3) is 0.143. The molecule has 21 heavy (non-hydrogen) atoms. The Labute approximate surface area is 117 Å². The van der Waals surface area contributed by atoms with E-state index in [0.29, 0.717) is 5.56 Å². The molecule has 0 fully saturated rings. The van der Waals surface area contributed by atoms with Crippen LogP contribution in [0.3, 0.4) is 0 Å². The summed E-state index contributed by atoms with van der Waals surface area (Å²) in [6.07, 6.45) is -2.17. The summed E-state index contributed by atoms with van der Waals surface area (Å²) in [5, 5.41) is 11.4. The van der Waals surface area contributed by atoms with Crippen LogP contribution in [0.15, 0.2) is 36.7 Å². The van der Waals surface area contributed by atoms with Gasteiger partial charge >= 0.3 is 6.18 Å². The van der Waals surface area contributed by atoms with Gasteiger partial charge in [0.2, 0.25) is 0 Å². The minimum atomic E-state index is -4.61. The van der Waals surface area contributed by atoms with Gasteiger partial charge in [-0.15, -0.1) is 0 Å². The van der Waals surface area contributed by atoms with Crippen molar-refractivity contribution in [1.82, 2.24) is 4.98 Å². The van der Waals surface area contributed by atoms with Gasteiger partial charge in [-0.25, -0.2) is 4.39 Å². The van der Waals surface area contributed by atoms with E-state index in [9.17, 15) is 17.6 Å². The third-order valence-corrected chi connectivity index (χ3v) is 2.70. The zero-order valence-corrected chi connectivity index (χ0v) is 10.6. The molecule has 3 nitrogen and oxygen atoms in total. The number of anilines is 1. The first-order valence-electron chi connectivity index (χ1n) is 5.85. The van der Waals surface area contributed by atoms with Crippen molar-refractivity contribution < 1.29 is 17.6 Å². The average Bonchev–Trinajstić information content (AvgIpc) is 2.44. The molecule has 1 N–H and O–H groups in total. The zero-order chi connectivity index (χ0) is 15.5. The van der Waals surface area contributed by atoms with Crippen molar-refractivity contribution in [3.8, 4) is 6.07 Å². The smallest absolute Gasteiger partial charge is 0.381 e. The quantitative estimate of drug-likeness (QED) is 0.878. The highest BCUT2D eigenvalue weighted by Gasteiger charge is 2.33. The van der Waals surface area contributed by atoms with Crippen LogP contribution < -0.4 is 5.32 Å². The summed E-state index contributed by atoms with van der Waals surface area (Å²) in [6, 6.07) is 6.04. The maximum atomic E-state index is 12.9. The SMILES string of the molecule is N#Cc1ccc(NCc2cncc(F)c2)cc1C(F)(F)F.